The zero-order valence-corrected chi connectivity index (χ0v) is 16.8. The summed E-state index contributed by atoms with van der Waals surface area (Å²) in [6.45, 7) is 3.54. The first-order valence-corrected chi connectivity index (χ1v) is 10.1. The number of anilines is 1. The molecular formula is C19H30N6O4. The van der Waals surface area contributed by atoms with Crippen molar-refractivity contribution in [1.29, 1.82) is 0 Å². The molecule has 10 heteroatoms. The van der Waals surface area contributed by atoms with E-state index in [1.165, 1.54) is 0 Å². The van der Waals surface area contributed by atoms with Crippen molar-refractivity contribution in [2.24, 2.45) is 0 Å². The number of nitrogens with one attached hydrogen (secondary N) is 2. The van der Waals surface area contributed by atoms with Crippen molar-refractivity contribution >= 4 is 17.8 Å². The van der Waals surface area contributed by atoms with Gasteiger partial charge in [0, 0.05) is 57.1 Å². The first kappa shape index (κ1) is 21.4. The van der Waals surface area contributed by atoms with E-state index in [1.807, 2.05) is 11.9 Å². The van der Waals surface area contributed by atoms with Crippen molar-refractivity contribution in [3.8, 4) is 0 Å². The third-order valence-electron chi connectivity index (χ3n) is 5.53. The number of aliphatic hydroxyl groups is 1. The Kier molecular flexibility index (Phi) is 7.73. The summed E-state index contributed by atoms with van der Waals surface area (Å²) >= 11 is 0. The molecule has 0 spiro atoms. The number of hydrogen-bond donors (Lipinski definition) is 3. The van der Waals surface area contributed by atoms with E-state index in [9.17, 15) is 9.59 Å². The second-order valence-corrected chi connectivity index (χ2v) is 7.41. The van der Waals surface area contributed by atoms with Crippen LogP contribution < -0.4 is 15.5 Å². The maximum Gasteiger partial charge on any atom is 0.254 e. The molecule has 0 unspecified atom stereocenters. The Morgan fingerprint density at radius 1 is 1.17 bits per heavy atom. The molecule has 0 bridgehead atoms. The highest BCUT2D eigenvalue weighted by atomic mass is 16.5. The highest BCUT2D eigenvalue weighted by Crippen LogP contribution is 2.24. The molecule has 0 aliphatic carbocycles. The summed E-state index contributed by atoms with van der Waals surface area (Å²) in [5.41, 5.74) is 0.433. The number of likely N-dealkylation sites (tertiary alicyclic amines) is 1. The second-order valence-electron chi connectivity index (χ2n) is 7.41. The van der Waals surface area contributed by atoms with Gasteiger partial charge in [-0.05, 0) is 19.9 Å². The van der Waals surface area contributed by atoms with Crippen molar-refractivity contribution in [3.05, 3.63) is 18.0 Å². The average Bonchev–Trinajstić information content (AvgIpc) is 3.10. The van der Waals surface area contributed by atoms with Crippen LogP contribution in [0, 0.1) is 0 Å². The number of hydrogen-bond acceptors (Lipinski definition) is 8. The lowest BCUT2D eigenvalue weighted by Crippen LogP contribution is -2.42. The molecule has 29 heavy (non-hydrogen) atoms. The van der Waals surface area contributed by atoms with Crippen LogP contribution in [0.1, 0.15) is 29.6 Å². The monoisotopic (exact) mass is 406 g/mol. The van der Waals surface area contributed by atoms with Crippen molar-refractivity contribution < 1.29 is 19.4 Å². The minimum absolute atomic E-state index is 0.0573. The van der Waals surface area contributed by atoms with Crippen LogP contribution in [0.4, 0.5) is 5.95 Å². The second kappa shape index (κ2) is 10.5. The third-order valence-corrected chi connectivity index (χ3v) is 5.53. The number of rotatable bonds is 8. The van der Waals surface area contributed by atoms with Gasteiger partial charge in [0.1, 0.15) is 0 Å². The zero-order chi connectivity index (χ0) is 20.6. The molecule has 160 valence electrons. The van der Waals surface area contributed by atoms with Gasteiger partial charge in [0.2, 0.25) is 11.9 Å². The number of carbonyl (C=O) groups is 2. The number of morpholine rings is 1. The van der Waals surface area contributed by atoms with Crippen LogP contribution in [0.2, 0.25) is 0 Å². The minimum Gasteiger partial charge on any atom is -0.395 e. The molecule has 1 aromatic rings. The lowest BCUT2D eigenvalue weighted by molar-refractivity contribution is -0.122. The summed E-state index contributed by atoms with van der Waals surface area (Å²) in [6, 6.07) is 0.329. The van der Waals surface area contributed by atoms with Gasteiger partial charge in [-0.3, -0.25) is 14.5 Å². The quantitative estimate of drug-likeness (QED) is 0.503. The molecule has 2 saturated heterocycles. The first-order chi connectivity index (χ1) is 14.1. The molecule has 0 saturated carbocycles. The Balaban J connectivity index is 1.44. The molecule has 2 aliphatic rings. The molecule has 0 aromatic carbocycles. The van der Waals surface area contributed by atoms with Gasteiger partial charge in [0.25, 0.3) is 5.91 Å². The highest BCUT2D eigenvalue weighted by Gasteiger charge is 2.31. The van der Waals surface area contributed by atoms with Crippen LogP contribution in [0.5, 0.6) is 0 Å². The van der Waals surface area contributed by atoms with Gasteiger partial charge in [0.15, 0.2) is 0 Å². The zero-order valence-electron chi connectivity index (χ0n) is 16.8. The normalized spacial score (nSPS) is 22.5. The molecule has 3 N–H and O–H groups in total. The molecule has 0 radical (unpaired) electrons. The summed E-state index contributed by atoms with van der Waals surface area (Å²) in [4.78, 5) is 37.1. The number of likely N-dealkylation sites (N-methyl/N-ethyl adjacent to an activating group) is 1. The van der Waals surface area contributed by atoms with Gasteiger partial charge in [-0.1, -0.05) is 0 Å². The van der Waals surface area contributed by atoms with Crippen LogP contribution in [0.25, 0.3) is 0 Å². The topological polar surface area (TPSA) is 120 Å². The van der Waals surface area contributed by atoms with E-state index in [2.05, 4.69) is 25.5 Å². The Morgan fingerprint density at radius 2 is 1.86 bits per heavy atom. The molecule has 3 heterocycles. The SMILES string of the molecule is CN1[C@@H](CC(=O)NCCO)CC[C@H]1CNC(=O)c1cnc(N2CCOCC2)nc1. The molecule has 2 aliphatic heterocycles. The Hall–Kier alpha value is -2.30. The third kappa shape index (κ3) is 5.84. The van der Waals surface area contributed by atoms with Crippen LogP contribution in [0.3, 0.4) is 0 Å². The molecule has 10 nitrogen and oxygen atoms in total. The summed E-state index contributed by atoms with van der Waals surface area (Å²) in [7, 11) is 1.98. The number of carbonyl (C=O) groups excluding carboxylic acids is 2. The Bertz CT molecular complexity index is 680. The maximum atomic E-state index is 12.4. The van der Waals surface area contributed by atoms with Crippen LogP contribution in [-0.2, 0) is 9.53 Å². The lowest BCUT2D eigenvalue weighted by atomic mass is 10.1. The average molecular weight is 406 g/mol. The van der Waals surface area contributed by atoms with Crippen molar-refractivity contribution in [2.75, 3.05) is 57.9 Å². The number of nitrogens with zero attached hydrogens (tertiary/aromatic N) is 4. The maximum absolute atomic E-state index is 12.4. The number of aliphatic hydroxyl groups excluding tert-OH is 1. The molecule has 2 fully saturated rings. The molecule has 3 rings (SSSR count). The van der Waals surface area contributed by atoms with E-state index in [0.717, 1.165) is 25.9 Å². The standard InChI is InChI=1S/C19H30N6O4/c1-24-15(10-17(27)20-4-7-26)2-3-16(24)13-21-18(28)14-11-22-19(23-12-14)25-5-8-29-9-6-25/h11-12,15-16,26H,2-10,13H2,1H3,(H,20,27)(H,21,28)/t15-,16+/m1/s1. The van der Waals surface area contributed by atoms with Gasteiger partial charge in [-0.25, -0.2) is 9.97 Å². The van der Waals surface area contributed by atoms with Crippen molar-refractivity contribution in [1.82, 2.24) is 25.5 Å². The fourth-order valence-corrected chi connectivity index (χ4v) is 3.74. The predicted molar refractivity (Wildman–Crippen MR) is 107 cm³/mol. The van der Waals surface area contributed by atoms with Crippen LogP contribution >= 0.6 is 0 Å². The summed E-state index contributed by atoms with van der Waals surface area (Å²) in [5.74, 6) is 0.358. The number of amides is 2. The largest absolute Gasteiger partial charge is 0.395 e. The molecule has 1 aromatic heterocycles. The van der Waals surface area contributed by atoms with Crippen molar-refractivity contribution in [2.45, 2.75) is 31.3 Å². The van der Waals surface area contributed by atoms with Gasteiger partial charge in [0.05, 0.1) is 25.4 Å². The van der Waals surface area contributed by atoms with E-state index in [1.54, 1.807) is 12.4 Å². The molecular weight excluding hydrogens is 376 g/mol. The lowest BCUT2D eigenvalue weighted by Gasteiger charge is -2.26. The minimum atomic E-state index is -0.198. The van der Waals surface area contributed by atoms with E-state index < -0.39 is 0 Å². The molecule has 2 atom stereocenters. The Morgan fingerprint density at radius 3 is 2.55 bits per heavy atom. The summed E-state index contributed by atoms with van der Waals surface area (Å²) < 4.78 is 5.32. The van der Waals surface area contributed by atoms with Crippen LogP contribution in [0.15, 0.2) is 12.4 Å². The van der Waals surface area contributed by atoms with Gasteiger partial charge >= 0.3 is 0 Å². The van der Waals surface area contributed by atoms with Crippen molar-refractivity contribution in [3.63, 3.8) is 0 Å². The highest BCUT2D eigenvalue weighted by molar-refractivity contribution is 5.93. The number of aromatic nitrogens is 2. The summed E-state index contributed by atoms with van der Waals surface area (Å²) in [5, 5.41) is 14.4. The predicted octanol–water partition coefficient (Wildman–Crippen LogP) is -0.996. The van der Waals surface area contributed by atoms with E-state index in [0.29, 0.717) is 37.7 Å². The van der Waals surface area contributed by atoms with Gasteiger partial charge in [-0.2, -0.15) is 0 Å². The summed E-state index contributed by atoms with van der Waals surface area (Å²) in [6.07, 6.45) is 5.33. The fourth-order valence-electron chi connectivity index (χ4n) is 3.74. The Labute approximate surface area is 170 Å². The number of ether oxygens (including phenoxy) is 1. The first-order valence-electron chi connectivity index (χ1n) is 10.1. The van der Waals surface area contributed by atoms with E-state index >= 15 is 0 Å². The molecule has 2 amide bonds. The van der Waals surface area contributed by atoms with E-state index in [-0.39, 0.29) is 37.0 Å². The van der Waals surface area contributed by atoms with Gasteiger partial charge < -0.3 is 25.4 Å². The smallest absolute Gasteiger partial charge is 0.254 e. The van der Waals surface area contributed by atoms with E-state index in [4.69, 9.17) is 9.84 Å². The fraction of sp³-hybridized carbons (Fsp3) is 0.684. The van der Waals surface area contributed by atoms with Crippen LogP contribution in [-0.4, -0.2) is 96.9 Å². The van der Waals surface area contributed by atoms with Gasteiger partial charge in [-0.15, -0.1) is 0 Å².